The third-order valence-corrected chi connectivity index (χ3v) is 5.25. The number of morpholine rings is 1. The summed E-state index contributed by atoms with van der Waals surface area (Å²) in [6.07, 6.45) is -3.64. The number of ether oxygens (including phenoxy) is 4. The first-order chi connectivity index (χ1) is 15.8. The average Bonchev–Trinajstić information content (AvgIpc) is 3.25. The maximum atomic E-state index is 13.9. The van der Waals surface area contributed by atoms with Crippen LogP contribution >= 0.6 is 0 Å². The Hall–Kier alpha value is -3.54. The minimum Gasteiger partial charge on any atom is -0.493 e. The third kappa shape index (κ3) is 4.13. The molecule has 1 aliphatic heterocycles. The van der Waals surface area contributed by atoms with Crippen LogP contribution in [0.4, 0.5) is 13.2 Å². The highest BCUT2D eigenvalue weighted by Crippen LogP contribution is 2.42. The molecule has 33 heavy (non-hydrogen) atoms. The molecule has 1 aromatic carbocycles. The summed E-state index contributed by atoms with van der Waals surface area (Å²) in [5, 5.41) is 3.82. The van der Waals surface area contributed by atoms with Gasteiger partial charge in [0.1, 0.15) is 5.56 Å². The second-order valence-electron chi connectivity index (χ2n) is 7.14. The van der Waals surface area contributed by atoms with Crippen LogP contribution in [0.2, 0.25) is 0 Å². The van der Waals surface area contributed by atoms with Gasteiger partial charge in [0.25, 0.3) is 5.91 Å². The van der Waals surface area contributed by atoms with Crippen LogP contribution in [0, 0.1) is 0 Å². The SMILES string of the molecule is COc1cc(-c2cc(C(F)(F)F)n3ncc(C(=O)N4CCOCC4)c3n2)cc(OC)c1OC. The van der Waals surface area contributed by atoms with E-state index >= 15 is 0 Å². The van der Waals surface area contributed by atoms with Gasteiger partial charge < -0.3 is 23.8 Å². The van der Waals surface area contributed by atoms with E-state index in [1.165, 1.54) is 38.4 Å². The molecule has 3 aromatic rings. The van der Waals surface area contributed by atoms with Crippen LogP contribution in [-0.4, -0.2) is 73.0 Å². The molecule has 0 aliphatic carbocycles. The molecular weight excluding hydrogens is 445 g/mol. The van der Waals surface area contributed by atoms with Gasteiger partial charge in [-0.1, -0.05) is 0 Å². The number of hydrogen-bond acceptors (Lipinski definition) is 7. The first kappa shape index (κ1) is 22.6. The van der Waals surface area contributed by atoms with Gasteiger partial charge >= 0.3 is 6.18 Å². The lowest BCUT2D eigenvalue weighted by Crippen LogP contribution is -2.40. The summed E-state index contributed by atoms with van der Waals surface area (Å²) in [6, 6.07) is 3.84. The zero-order chi connectivity index (χ0) is 23.8. The Bertz CT molecular complexity index is 1160. The number of nitrogens with zero attached hydrogens (tertiary/aromatic N) is 4. The first-order valence-electron chi connectivity index (χ1n) is 9.91. The molecule has 1 fully saturated rings. The van der Waals surface area contributed by atoms with Gasteiger partial charge in [-0.3, -0.25) is 4.79 Å². The number of carbonyl (C=O) groups is 1. The van der Waals surface area contributed by atoms with Crippen molar-refractivity contribution in [3.05, 3.63) is 35.7 Å². The predicted octanol–water partition coefficient (Wildman–Crippen LogP) is 2.91. The molecule has 1 aliphatic rings. The van der Waals surface area contributed by atoms with E-state index < -0.39 is 17.8 Å². The molecule has 0 N–H and O–H groups in total. The number of benzene rings is 1. The fraction of sp³-hybridized carbons (Fsp3) is 0.381. The Morgan fingerprint density at radius 3 is 2.21 bits per heavy atom. The van der Waals surface area contributed by atoms with E-state index in [9.17, 15) is 18.0 Å². The van der Waals surface area contributed by atoms with Gasteiger partial charge in [0.15, 0.2) is 22.8 Å². The van der Waals surface area contributed by atoms with E-state index in [0.717, 1.165) is 12.3 Å². The number of fused-ring (bicyclic) bond motifs is 1. The van der Waals surface area contributed by atoms with Crippen molar-refractivity contribution in [1.29, 1.82) is 0 Å². The van der Waals surface area contributed by atoms with Gasteiger partial charge in [-0.25, -0.2) is 9.50 Å². The molecule has 12 heteroatoms. The molecule has 2 aromatic heterocycles. The molecule has 0 atom stereocenters. The van der Waals surface area contributed by atoms with Crippen LogP contribution in [-0.2, 0) is 10.9 Å². The Morgan fingerprint density at radius 1 is 1.03 bits per heavy atom. The number of amides is 1. The number of hydrogen-bond donors (Lipinski definition) is 0. The lowest BCUT2D eigenvalue weighted by Gasteiger charge is -2.26. The molecule has 3 heterocycles. The predicted molar refractivity (Wildman–Crippen MR) is 110 cm³/mol. The molecule has 9 nitrogen and oxygen atoms in total. The topological polar surface area (TPSA) is 87.4 Å². The van der Waals surface area contributed by atoms with Crippen LogP contribution < -0.4 is 14.2 Å². The monoisotopic (exact) mass is 466 g/mol. The molecule has 1 amide bonds. The zero-order valence-corrected chi connectivity index (χ0v) is 18.1. The molecule has 1 saturated heterocycles. The van der Waals surface area contributed by atoms with E-state index in [1.807, 2.05) is 0 Å². The van der Waals surface area contributed by atoms with Crippen molar-refractivity contribution in [2.24, 2.45) is 0 Å². The van der Waals surface area contributed by atoms with Crippen LogP contribution in [0.25, 0.3) is 16.9 Å². The second-order valence-corrected chi connectivity index (χ2v) is 7.14. The van der Waals surface area contributed by atoms with E-state index in [4.69, 9.17) is 18.9 Å². The second kappa shape index (κ2) is 8.77. The fourth-order valence-corrected chi connectivity index (χ4v) is 3.63. The van der Waals surface area contributed by atoms with Gasteiger partial charge in [0.05, 0.1) is 46.4 Å². The molecule has 176 valence electrons. The molecular formula is C21H21F3N4O5. The standard InChI is InChI=1S/C21H21F3N4O5/c1-30-15-8-12(9-16(31-2)18(15)32-3)14-10-17(21(22,23)24)28-19(26-14)13(11-25-28)20(29)27-4-6-33-7-5-27/h8-11H,4-7H2,1-3H3. The highest BCUT2D eigenvalue weighted by Gasteiger charge is 2.36. The highest BCUT2D eigenvalue weighted by atomic mass is 19.4. The number of halogens is 3. The van der Waals surface area contributed by atoms with Gasteiger partial charge in [-0.05, 0) is 18.2 Å². The number of alkyl halides is 3. The van der Waals surface area contributed by atoms with Crippen molar-refractivity contribution >= 4 is 11.6 Å². The van der Waals surface area contributed by atoms with Crippen molar-refractivity contribution < 1.29 is 36.9 Å². The number of aromatic nitrogens is 3. The fourth-order valence-electron chi connectivity index (χ4n) is 3.63. The maximum Gasteiger partial charge on any atom is 0.433 e. The molecule has 0 saturated carbocycles. The van der Waals surface area contributed by atoms with Gasteiger partial charge in [0.2, 0.25) is 5.75 Å². The summed E-state index contributed by atoms with van der Waals surface area (Å²) in [7, 11) is 4.21. The number of carbonyl (C=O) groups excluding carboxylic acids is 1. The Labute approximate surface area is 186 Å². The van der Waals surface area contributed by atoms with E-state index in [-0.39, 0.29) is 39.7 Å². The maximum absolute atomic E-state index is 13.9. The van der Waals surface area contributed by atoms with Crippen molar-refractivity contribution in [2.75, 3.05) is 47.6 Å². The van der Waals surface area contributed by atoms with Gasteiger partial charge in [-0.2, -0.15) is 18.3 Å². The summed E-state index contributed by atoms with van der Waals surface area (Å²) >= 11 is 0. The van der Waals surface area contributed by atoms with Crippen LogP contribution in [0.5, 0.6) is 17.2 Å². The summed E-state index contributed by atoms with van der Waals surface area (Å²) < 4.78 is 63.5. The normalized spacial score (nSPS) is 14.4. The van der Waals surface area contributed by atoms with E-state index in [0.29, 0.717) is 30.8 Å². The van der Waals surface area contributed by atoms with Crippen LogP contribution in [0.3, 0.4) is 0 Å². The summed E-state index contributed by atoms with van der Waals surface area (Å²) in [5.41, 5.74) is -1.06. The van der Waals surface area contributed by atoms with Crippen LogP contribution in [0.15, 0.2) is 24.4 Å². The summed E-state index contributed by atoms with van der Waals surface area (Å²) in [5.74, 6) is 0.324. The van der Waals surface area contributed by atoms with E-state index in [2.05, 4.69) is 10.1 Å². The molecule has 0 spiro atoms. The molecule has 0 unspecified atom stereocenters. The summed E-state index contributed by atoms with van der Waals surface area (Å²) in [4.78, 5) is 18.9. The largest absolute Gasteiger partial charge is 0.493 e. The Morgan fingerprint density at radius 2 is 1.67 bits per heavy atom. The number of rotatable bonds is 5. The quantitative estimate of drug-likeness (QED) is 0.572. The third-order valence-electron chi connectivity index (χ3n) is 5.25. The highest BCUT2D eigenvalue weighted by molar-refractivity contribution is 6.00. The molecule has 0 bridgehead atoms. The van der Waals surface area contributed by atoms with Crippen molar-refractivity contribution in [3.8, 4) is 28.5 Å². The Kier molecular flexibility index (Phi) is 6.02. The first-order valence-corrected chi connectivity index (χ1v) is 9.91. The van der Waals surface area contributed by atoms with Crippen molar-refractivity contribution in [3.63, 3.8) is 0 Å². The van der Waals surface area contributed by atoms with Crippen LogP contribution in [0.1, 0.15) is 16.1 Å². The zero-order valence-electron chi connectivity index (χ0n) is 18.1. The van der Waals surface area contributed by atoms with E-state index in [1.54, 1.807) is 0 Å². The lowest BCUT2D eigenvalue weighted by molar-refractivity contribution is -0.142. The van der Waals surface area contributed by atoms with Crippen molar-refractivity contribution in [1.82, 2.24) is 19.5 Å². The molecule has 0 radical (unpaired) electrons. The number of methoxy groups -OCH3 is 3. The van der Waals surface area contributed by atoms with Gasteiger partial charge in [0, 0.05) is 18.7 Å². The van der Waals surface area contributed by atoms with Crippen molar-refractivity contribution in [2.45, 2.75) is 6.18 Å². The average molecular weight is 466 g/mol. The lowest BCUT2D eigenvalue weighted by atomic mass is 10.1. The molecule has 4 rings (SSSR count). The minimum absolute atomic E-state index is 0.0308. The van der Waals surface area contributed by atoms with Gasteiger partial charge in [-0.15, -0.1) is 0 Å². The smallest absolute Gasteiger partial charge is 0.433 e. The Balaban J connectivity index is 1.92. The summed E-state index contributed by atoms with van der Waals surface area (Å²) in [6.45, 7) is 1.36. The minimum atomic E-state index is -4.75.